The maximum atomic E-state index is 13.0. The highest BCUT2D eigenvalue weighted by Crippen LogP contribution is 2.13. The summed E-state index contributed by atoms with van der Waals surface area (Å²) in [6.07, 6.45) is 0.908. The fourth-order valence-electron chi connectivity index (χ4n) is 1.36. The number of amides is 1. The first-order valence-corrected chi connectivity index (χ1v) is 5.92. The maximum absolute atomic E-state index is 13.0. The van der Waals surface area contributed by atoms with Gasteiger partial charge in [-0.25, -0.2) is 4.39 Å². The lowest BCUT2D eigenvalue weighted by molar-refractivity contribution is -0.120. The average Bonchev–Trinajstić information content (AvgIpc) is 2.25. The minimum absolute atomic E-state index is 0.0608. The first-order valence-electron chi connectivity index (χ1n) is 5.54. The summed E-state index contributed by atoms with van der Waals surface area (Å²) in [4.78, 5) is 11.3. The second-order valence-electron chi connectivity index (χ2n) is 3.73. The molecule has 3 nitrogen and oxygen atoms in total. The van der Waals surface area contributed by atoms with Gasteiger partial charge in [0.1, 0.15) is 5.82 Å². The normalized spacial score (nSPS) is 10.3. The van der Waals surface area contributed by atoms with Gasteiger partial charge >= 0.3 is 0 Å². The van der Waals surface area contributed by atoms with E-state index in [1.165, 1.54) is 12.1 Å². The number of rotatable bonds is 6. The van der Waals surface area contributed by atoms with Gasteiger partial charge in [-0.2, -0.15) is 0 Å². The van der Waals surface area contributed by atoms with Crippen molar-refractivity contribution in [3.63, 3.8) is 0 Å². The van der Waals surface area contributed by atoms with Crippen LogP contribution in [-0.2, 0) is 11.3 Å². The number of hydrogen-bond donors (Lipinski definition) is 2. The Kier molecular flexibility index (Phi) is 5.94. The van der Waals surface area contributed by atoms with Crippen LogP contribution in [-0.4, -0.2) is 19.0 Å². The van der Waals surface area contributed by atoms with Crippen molar-refractivity contribution in [2.24, 2.45) is 0 Å². The Hall–Kier alpha value is -1.13. The smallest absolute Gasteiger partial charge is 0.233 e. The standard InChI is InChI=1S/C12H16ClFN2O/c1-2-3-16-12(17)8-15-7-9-4-10(13)6-11(14)5-9/h4-6,15H,2-3,7-8H2,1H3,(H,16,17). The Morgan fingerprint density at radius 2 is 2.18 bits per heavy atom. The molecule has 0 saturated heterocycles. The van der Waals surface area contributed by atoms with Crippen LogP contribution < -0.4 is 10.6 Å². The molecule has 0 atom stereocenters. The lowest BCUT2D eigenvalue weighted by Crippen LogP contribution is -2.33. The van der Waals surface area contributed by atoms with E-state index in [2.05, 4.69) is 10.6 Å². The van der Waals surface area contributed by atoms with E-state index in [1.807, 2.05) is 6.92 Å². The monoisotopic (exact) mass is 258 g/mol. The van der Waals surface area contributed by atoms with Crippen LogP contribution in [0.3, 0.4) is 0 Å². The Morgan fingerprint density at radius 1 is 1.41 bits per heavy atom. The fraction of sp³-hybridized carbons (Fsp3) is 0.417. The molecule has 1 aromatic rings. The van der Waals surface area contributed by atoms with Gasteiger partial charge in [0, 0.05) is 18.1 Å². The Balaban J connectivity index is 2.33. The number of halogens is 2. The van der Waals surface area contributed by atoms with E-state index in [4.69, 9.17) is 11.6 Å². The molecule has 94 valence electrons. The molecule has 1 aromatic carbocycles. The summed E-state index contributed by atoms with van der Waals surface area (Å²) in [5.74, 6) is -0.431. The van der Waals surface area contributed by atoms with Crippen molar-refractivity contribution in [3.8, 4) is 0 Å². The quantitative estimate of drug-likeness (QED) is 0.820. The van der Waals surface area contributed by atoms with E-state index in [-0.39, 0.29) is 18.3 Å². The zero-order valence-corrected chi connectivity index (χ0v) is 10.5. The van der Waals surface area contributed by atoms with Crippen LogP contribution in [0.2, 0.25) is 5.02 Å². The van der Waals surface area contributed by atoms with Gasteiger partial charge in [-0.05, 0) is 30.2 Å². The topological polar surface area (TPSA) is 41.1 Å². The molecule has 0 aliphatic heterocycles. The van der Waals surface area contributed by atoms with Gasteiger partial charge in [0.05, 0.1) is 6.54 Å². The van der Waals surface area contributed by atoms with Gasteiger partial charge in [0.2, 0.25) is 5.91 Å². The highest BCUT2D eigenvalue weighted by molar-refractivity contribution is 6.30. The van der Waals surface area contributed by atoms with Gasteiger partial charge in [-0.15, -0.1) is 0 Å². The van der Waals surface area contributed by atoms with Gasteiger partial charge in [-0.3, -0.25) is 4.79 Å². The number of carbonyl (C=O) groups excluding carboxylic acids is 1. The molecule has 1 amide bonds. The third-order valence-electron chi connectivity index (χ3n) is 2.11. The number of nitrogens with one attached hydrogen (secondary N) is 2. The molecule has 0 unspecified atom stereocenters. The lowest BCUT2D eigenvalue weighted by Gasteiger charge is -2.06. The van der Waals surface area contributed by atoms with Crippen LogP contribution in [0, 0.1) is 5.82 Å². The predicted octanol–water partition coefficient (Wildman–Crippen LogP) is 2.09. The summed E-state index contributed by atoms with van der Waals surface area (Å²) in [5.41, 5.74) is 0.721. The Morgan fingerprint density at radius 3 is 2.82 bits per heavy atom. The largest absolute Gasteiger partial charge is 0.355 e. The van der Waals surface area contributed by atoms with E-state index < -0.39 is 0 Å². The van der Waals surface area contributed by atoms with Crippen LogP contribution in [0.1, 0.15) is 18.9 Å². The summed E-state index contributed by atoms with van der Waals surface area (Å²) < 4.78 is 13.0. The average molecular weight is 259 g/mol. The van der Waals surface area contributed by atoms with E-state index in [1.54, 1.807) is 6.07 Å². The molecule has 0 spiro atoms. The zero-order chi connectivity index (χ0) is 12.7. The summed E-state index contributed by atoms with van der Waals surface area (Å²) in [6.45, 7) is 3.29. The molecule has 2 N–H and O–H groups in total. The number of carbonyl (C=O) groups is 1. The number of benzene rings is 1. The second-order valence-corrected chi connectivity index (χ2v) is 4.17. The molecular formula is C12H16ClFN2O. The minimum atomic E-state index is -0.371. The zero-order valence-electron chi connectivity index (χ0n) is 9.72. The van der Waals surface area contributed by atoms with E-state index in [0.717, 1.165) is 12.0 Å². The van der Waals surface area contributed by atoms with Crippen LogP contribution >= 0.6 is 11.6 Å². The molecule has 17 heavy (non-hydrogen) atoms. The first kappa shape index (κ1) is 13.9. The van der Waals surface area contributed by atoms with Gasteiger partial charge in [0.25, 0.3) is 0 Å². The second kappa shape index (κ2) is 7.25. The third-order valence-corrected chi connectivity index (χ3v) is 2.33. The highest BCUT2D eigenvalue weighted by atomic mass is 35.5. The molecule has 0 bridgehead atoms. The maximum Gasteiger partial charge on any atom is 0.233 e. The Bertz CT molecular complexity index is 365. The molecule has 0 fully saturated rings. The first-order chi connectivity index (χ1) is 8.11. The van der Waals surface area contributed by atoms with E-state index >= 15 is 0 Å². The van der Waals surface area contributed by atoms with Crippen molar-refractivity contribution in [2.45, 2.75) is 19.9 Å². The summed E-state index contributed by atoms with van der Waals surface area (Å²) in [5, 5.41) is 6.03. The van der Waals surface area contributed by atoms with Crippen molar-refractivity contribution >= 4 is 17.5 Å². The van der Waals surface area contributed by atoms with Crippen molar-refractivity contribution in [2.75, 3.05) is 13.1 Å². The molecule has 0 aliphatic rings. The summed E-state index contributed by atoms with van der Waals surface area (Å²) in [7, 11) is 0. The SMILES string of the molecule is CCCNC(=O)CNCc1cc(F)cc(Cl)c1. The van der Waals surface area contributed by atoms with Crippen LogP contribution in [0.15, 0.2) is 18.2 Å². The van der Waals surface area contributed by atoms with E-state index in [9.17, 15) is 9.18 Å². The summed E-state index contributed by atoms with van der Waals surface area (Å²) in [6, 6.07) is 4.31. The van der Waals surface area contributed by atoms with E-state index in [0.29, 0.717) is 18.1 Å². The minimum Gasteiger partial charge on any atom is -0.355 e. The molecule has 0 aliphatic carbocycles. The van der Waals surface area contributed by atoms with Crippen molar-refractivity contribution in [3.05, 3.63) is 34.6 Å². The van der Waals surface area contributed by atoms with Crippen LogP contribution in [0.25, 0.3) is 0 Å². The lowest BCUT2D eigenvalue weighted by atomic mass is 10.2. The van der Waals surface area contributed by atoms with Gasteiger partial charge in [-0.1, -0.05) is 18.5 Å². The molecule has 1 rings (SSSR count). The molecule has 0 saturated carbocycles. The Labute approximate surface area is 105 Å². The van der Waals surface area contributed by atoms with Crippen molar-refractivity contribution in [1.29, 1.82) is 0 Å². The predicted molar refractivity (Wildman–Crippen MR) is 66.4 cm³/mol. The van der Waals surface area contributed by atoms with Gasteiger partial charge < -0.3 is 10.6 Å². The van der Waals surface area contributed by atoms with Crippen molar-refractivity contribution in [1.82, 2.24) is 10.6 Å². The highest BCUT2D eigenvalue weighted by Gasteiger charge is 2.01. The van der Waals surface area contributed by atoms with Gasteiger partial charge in [0.15, 0.2) is 0 Å². The fourth-order valence-corrected chi connectivity index (χ4v) is 1.60. The summed E-state index contributed by atoms with van der Waals surface area (Å²) >= 11 is 5.71. The molecule has 5 heteroatoms. The van der Waals surface area contributed by atoms with Crippen LogP contribution in [0.5, 0.6) is 0 Å². The molecule has 0 heterocycles. The molecular weight excluding hydrogens is 243 g/mol. The molecule has 0 radical (unpaired) electrons. The third kappa shape index (κ3) is 5.65. The van der Waals surface area contributed by atoms with Crippen LogP contribution in [0.4, 0.5) is 4.39 Å². The molecule has 0 aromatic heterocycles. The van der Waals surface area contributed by atoms with Crippen molar-refractivity contribution < 1.29 is 9.18 Å². The number of hydrogen-bond acceptors (Lipinski definition) is 2.